The van der Waals surface area contributed by atoms with E-state index >= 15 is 0 Å². The molecule has 0 atom stereocenters. The standard InChI is InChI=1S/C10H10Cl2N4O3/c11-7-2-1-6(10(17)18)8(12)9(7)19-4-3-16-14-5-13-15-16/h1-2,5,15H,3-4H2,(H,13,14)(H,17,18). The molecule has 1 aliphatic rings. The molecule has 102 valence electrons. The van der Waals surface area contributed by atoms with E-state index < -0.39 is 5.97 Å². The topological polar surface area (TPSA) is 86.2 Å². The summed E-state index contributed by atoms with van der Waals surface area (Å²) in [6.07, 6.45) is 1.48. The van der Waals surface area contributed by atoms with Crippen LogP contribution in [-0.4, -0.2) is 35.7 Å². The van der Waals surface area contributed by atoms with Crippen molar-refractivity contribution < 1.29 is 14.6 Å². The van der Waals surface area contributed by atoms with Gasteiger partial charge in [0.15, 0.2) is 5.75 Å². The number of hydrogen-bond donors (Lipinski definition) is 3. The Morgan fingerprint density at radius 2 is 2.26 bits per heavy atom. The highest BCUT2D eigenvalue weighted by atomic mass is 35.5. The maximum atomic E-state index is 10.9. The van der Waals surface area contributed by atoms with E-state index in [1.807, 2.05) is 0 Å². The molecule has 0 spiro atoms. The molecule has 0 saturated carbocycles. The van der Waals surface area contributed by atoms with Crippen molar-refractivity contribution in [1.29, 1.82) is 0 Å². The maximum absolute atomic E-state index is 10.9. The largest absolute Gasteiger partial charge is 0.489 e. The third-order valence-electron chi connectivity index (χ3n) is 2.30. The van der Waals surface area contributed by atoms with Crippen LogP contribution in [0.3, 0.4) is 0 Å². The summed E-state index contributed by atoms with van der Waals surface area (Å²) in [5, 5.41) is 14.5. The molecular formula is C10H10Cl2N4O3. The van der Waals surface area contributed by atoms with E-state index in [4.69, 9.17) is 33.0 Å². The second kappa shape index (κ2) is 5.96. The van der Waals surface area contributed by atoms with Crippen LogP contribution in [0, 0.1) is 0 Å². The highest BCUT2D eigenvalue weighted by Crippen LogP contribution is 2.35. The zero-order valence-corrected chi connectivity index (χ0v) is 11.1. The predicted molar refractivity (Wildman–Crippen MR) is 70.4 cm³/mol. The Morgan fingerprint density at radius 3 is 2.89 bits per heavy atom. The minimum absolute atomic E-state index is 0.0152. The number of halogens is 2. The van der Waals surface area contributed by atoms with Gasteiger partial charge in [-0.05, 0) is 12.1 Å². The van der Waals surface area contributed by atoms with Gasteiger partial charge in [-0.15, -0.1) is 5.12 Å². The highest BCUT2D eigenvalue weighted by Gasteiger charge is 2.17. The van der Waals surface area contributed by atoms with E-state index in [-0.39, 0.29) is 28.0 Å². The molecule has 7 nitrogen and oxygen atoms in total. The van der Waals surface area contributed by atoms with Gasteiger partial charge in [0.25, 0.3) is 0 Å². The van der Waals surface area contributed by atoms with Gasteiger partial charge in [0.05, 0.1) is 22.2 Å². The molecule has 1 aromatic rings. The van der Waals surface area contributed by atoms with Crippen LogP contribution in [0.2, 0.25) is 10.0 Å². The van der Waals surface area contributed by atoms with Gasteiger partial charge in [-0.1, -0.05) is 23.2 Å². The van der Waals surface area contributed by atoms with Crippen LogP contribution in [0.5, 0.6) is 5.75 Å². The summed E-state index contributed by atoms with van der Waals surface area (Å²) >= 11 is 11.9. The minimum Gasteiger partial charge on any atom is -0.489 e. The number of hydrazine groups is 2. The smallest absolute Gasteiger partial charge is 0.337 e. The van der Waals surface area contributed by atoms with Gasteiger partial charge in [-0.25, -0.2) is 10.3 Å². The lowest BCUT2D eigenvalue weighted by atomic mass is 10.2. The fourth-order valence-electron chi connectivity index (χ4n) is 1.41. The normalized spacial score (nSPS) is 14.0. The first-order chi connectivity index (χ1) is 9.09. The quantitative estimate of drug-likeness (QED) is 0.761. The molecule has 1 aromatic carbocycles. The highest BCUT2D eigenvalue weighted by molar-refractivity contribution is 6.39. The van der Waals surface area contributed by atoms with Gasteiger partial charge >= 0.3 is 5.97 Å². The molecule has 0 fully saturated rings. The van der Waals surface area contributed by atoms with E-state index in [9.17, 15) is 4.79 Å². The SMILES string of the molecule is O=C(O)c1ccc(Cl)c(OCCN2NC=NN2)c1Cl. The Hall–Kier alpha value is -1.70. The average Bonchev–Trinajstić information content (AvgIpc) is 2.86. The summed E-state index contributed by atoms with van der Waals surface area (Å²) in [6.45, 7) is 0.690. The lowest BCUT2D eigenvalue weighted by Gasteiger charge is -2.16. The summed E-state index contributed by atoms with van der Waals surface area (Å²) in [4.78, 5) is 10.9. The molecule has 19 heavy (non-hydrogen) atoms. The molecular weight excluding hydrogens is 295 g/mol. The first-order valence-corrected chi connectivity index (χ1v) is 6.00. The first kappa shape index (κ1) is 13.7. The number of nitrogens with zero attached hydrogens (tertiary/aromatic N) is 2. The summed E-state index contributed by atoms with van der Waals surface area (Å²) in [6, 6.07) is 2.76. The lowest BCUT2D eigenvalue weighted by molar-refractivity contribution is 0.0696. The number of rotatable bonds is 5. The van der Waals surface area contributed by atoms with Gasteiger partial charge < -0.3 is 9.84 Å². The van der Waals surface area contributed by atoms with Crippen LogP contribution in [0.25, 0.3) is 0 Å². The number of hydrazone groups is 1. The Bertz CT molecular complexity index is 516. The Morgan fingerprint density at radius 1 is 1.47 bits per heavy atom. The molecule has 1 heterocycles. The van der Waals surface area contributed by atoms with Crippen LogP contribution in [0.15, 0.2) is 17.2 Å². The van der Waals surface area contributed by atoms with E-state index in [1.54, 1.807) is 5.12 Å². The number of carboxylic acid groups (broad SMARTS) is 1. The van der Waals surface area contributed by atoms with Gasteiger partial charge in [0, 0.05) is 0 Å². The zero-order chi connectivity index (χ0) is 13.8. The molecule has 2 rings (SSSR count). The molecule has 0 radical (unpaired) electrons. The number of hydrogen-bond acceptors (Lipinski definition) is 6. The van der Waals surface area contributed by atoms with Crippen molar-refractivity contribution in [2.75, 3.05) is 13.2 Å². The maximum Gasteiger partial charge on any atom is 0.337 e. The Kier molecular flexibility index (Phi) is 4.31. The summed E-state index contributed by atoms with van der Waals surface area (Å²) < 4.78 is 5.42. The molecule has 9 heteroatoms. The number of benzene rings is 1. The fraction of sp³-hybridized carbons (Fsp3) is 0.200. The molecule has 0 amide bonds. The van der Waals surface area contributed by atoms with Gasteiger partial charge in [-0.3, -0.25) is 5.43 Å². The monoisotopic (exact) mass is 304 g/mol. The van der Waals surface area contributed by atoms with E-state index in [0.29, 0.717) is 6.54 Å². The van der Waals surface area contributed by atoms with E-state index in [2.05, 4.69) is 16.1 Å². The molecule has 1 aliphatic heterocycles. The third kappa shape index (κ3) is 3.19. The predicted octanol–water partition coefficient (Wildman–Crippen LogP) is 1.34. The van der Waals surface area contributed by atoms with Crippen LogP contribution in [0.1, 0.15) is 10.4 Å². The number of nitrogens with one attached hydrogen (secondary N) is 2. The third-order valence-corrected chi connectivity index (χ3v) is 2.97. The molecule has 3 N–H and O–H groups in total. The number of carboxylic acids is 1. The van der Waals surface area contributed by atoms with Crippen LogP contribution in [0.4, 0.5) is 0 Å². The molecule has 0 saturated heterocycles. The minimum atomic E-state index is -1.14. The van der Waals surface area contributed by atoms with Crippen LogP contribution < -0.4 is 15.7 Å². The Labute approximate surface area is 118 Å². The second-order valence-electron chi connectivity index (χ2n) is 3.53. The van der Waals surface area contributed by atoms with Crippen molar-refractivity contribution in [1.82, 2.24) is 16.1 Å². The second-order valence-corrected chi connectivity index (χ2v) is 4.32. The number of carbonyl (C=O) groups is 1. The summed E-state index contributed by atoms with van der Waals surface area (Å²) in [5.41, 5.74) is 5.39. The van der Waals surface area contributed by atoms with Crippen molar-refractivity contribution >= 4 is 35.5 Å². The van der Waals surface area contributed by atoms with Gasteiger partial charge in [0.2, 0.25) is 0 Å². The van der Waals surface area contributed by atoms with Crippen molar-refractivity contribution in [3.05, 3.63) is 27.7 Å². The molecule has 0 unspecified atom stereocenters. The Balaban J connectivity index is 2.02. The average molecular weight is 305 g/mol. The van der Waals surface area contributed by atoms with E-state index in [1.165, 1.54) is 18.5 Å². The number of aromatic carboxylic acids is 1. The first-order valence-electron chi connectivity index (χ1n) is 5.24. The van der Waals surface area contributed by atoms with Crippen LogP contribution >= 0.6 is 23.2 Å². The van der Waals surface area contributed by atoms with Crippen molar-refractivity contribution in [3.8, 4) is 5.75 Å². The number of ether oxygens (including phenoxy) is 1. The van der Waals surface area contributed by atoms with Crippen molar-refractivity contribution in [2.24, 2.45) is 5.10 Å². The molecule has 0 bridgehead atoms. The summed E-state index contributed by atoms with van der Waals surface area (Å²) in [7, 11) is 0. The van der Waals surface area contributed by atoms with Gasteiger partial charge in [-0.2, -0.15) is 5.10 Å². The van der Waals surface area contributed by atoms with Gasteiger partial charge in [0.1, 0.15) is 12.9 Å². The van der Waals surface area contributed by atoms with Crippen molar-refractivity contribution in [3.63, 3.8) is 0 Å². The van der Waals surface area contributed by atoms with Crippen molar-refractivity contribution in [2.45, 2.75) is 0 Å². The fourth-order valence-corrected chi connectivity index (χ4v) is 1.97. The molecule has 0 aliphatic carbocycles. The van der Waals surface area contributed by atoms with Crippen LogP contribution in [-0.2, 0) is 0 Å². The zero-order valence-electron chi connectivity index (χ0n) is 9.56. The van der Waals surface area contributed by atoms with E-state index in [0.717, 1.165) is 0 Å². The lowest BCUT2D eigenvalue weighted by Crippen LogP contribution is -2.41. The molecule has 0 aromatic heterocycles. The summed E-state index contributed by atoms with van der Waals surface area (Å²) in [5.74, 6) is -0.980.